The van der Waals surface area contributed by atoms with Crippen molar-refractivity contribution in [2.75, 3.05) is 10.6 Å². The number of hydrogen-bond acceptors (Lipinski definition) is 3. The van der Waals surface area contributed by atoms with Crippen LogP contribution >= 0.6 is 11.6 Å². The van der Waals surface area contributed by atoms with E-state index < -0.39 is 23.7 Å². The van der Waals surface area contributed by atoms with E-state index >= 15 is 0 Å². The summed E-state index contributed by atoms with van der Waals surface area (Å²) in [6, 6.07) is 10.0. The number of hydrogen-bond donors (Lipinski definition) is 3. The topological polar surface area (TPSA) is 87.3 Å². The standard InChI is InChI=1S/C18H17ClFN3O3/c1-10(13-5-3-4-6-14(13)19)21-17(25)18(26)23-16-9-12(22-11(2)24)7-8-15(16)20/h3-10H,1-2H3,(H,21,25)(H,22,24)(H,23,26). The van der Waals surface area contributed by atoms with Crippen molar-refractivity contribution in [3.05, 3.63) is 58.9 Å². The van der Waals surface area contributed by atoms with Crippen molar-refractivity contribution < 1.29 is 18.8 Å². The Labute approximate surface area is 154 Å². The number of carbonyl (C=O) groups is 3. The Hall–Kier alpha value is -2.93. The van der Waals surface area contributed by atoms with E-state index in [1.807, 2.05) is 0 Å². The smallest absolute Gasteiger partial charge is 0.313 e. The highest BCUT2D eigenvalue weighted by atomic mass is 35.5. The molecule has 2 aromatic carbocycles. The first kappa shape index (κ1) is 19.4. The van der Waals surface area contributed by atoms with Crippen molar-refractivity contribution in [2.24, 2.45) is 0 Å². The summed E-state index contributed by atoms with van der Waals surface area (Å²) in [4.78, 5) is 35.2. The molecule has 0 aromatic heterocycles. The molecule has 0 fully saturated rings. The normalized spacial score (nSPS) is 11.4. The minimum Gasteiger partial charge on any atom is -0.341 e. The molecule has 0 saturated carbocycles. The van der Waals surface area contributed by atoms with E-state index in [-0.39, 0.29) is 11.6 Å². The van der Waals surface area contributed by atoms with Gasteiger partial charge in [-0.2, -0.15) is 0 Å². The molecule has 136 valence electrons. The maximum absolute atomic E-state index is 13.8. The third kappa shape index (κ3) is 5.03. The molecule has 2 aromatic rings. The summed E-state index contributed by atoms with van der Waals surface area (Å²) >= 11 is 6.06. The minimum absolute atomic E-state index is 0.221. The lowest BCUT2D eigenvalue weighted by atomic mass is 10.1. The summed E-state index contributed by atoms with van der Waals surface area (Å²) in [5.74, 6) is -3.07. The van der Waals surface area contributed by atoms with Crippen LogP contribution in [0.2, 0.25) is 5.02 Å². The van der Waals surface area contributed by atoms with Crippen LogP contribution in [0, 0.1) is 5.82 Å². The number of anilines is 2. The molecule has 0 heterocycles. The van der Waals surface area contributed by atoms with Gasteiger partial charge in [0.25, 0.3) is 0 Å². The molecule has 0 aliphatic carbocycles. The zero-order valence-electron chi connectivity index (χ0n) is 14.1. The van der Waals surface area contributed by atoms with Gasteiger partial charge in [0.1, 0.15) is 5.82 Å². The van der Waals surface area contributed by atoms with E-state index in [1.165, 1.54) is 19.1 Å². The Kier molecular flexibility index (Phi) is 6.30. The third-order valence-electron chi connectivity index (χ3n) is 3.46. The molecule has 0 radical (unpaired) electrons. The monoisotopic (exact) mass is 377 g/mol. The molecule has 3 amide bonds. The fourth-order valence-corrected chi connectivity index (χ4v) is 2.55. The highest BCUT2D eigenvalue weighted by molar-refractivity contribution is 6.39. The summed E-state index contributed by atoms with van der Waals surface area (Å²) in [6.45, 7) is 2.97. The lowest BCUT2D eigenvalue weighted by Crippen LogP contribution is -2.37. The van der Waals surface area contributed by atoms with E-state index in [1.54, 1.807) is 31.2 Å². The minimum atomic E-state index is -1.04. The van der Waals surface area contributed by atoms with Gasteiger partial charge in [0.05, 0.1) is 11.7 Å². The molecule has 0 aliphatic heterocycles. The van der Waals surface area contributed by atoms with Crippen molar-refractivity contribution in [2.45, 2.75) is 19.9 Å². The molecule has 6 nitrogen and oxygen atoms in total. The average molecular weight is 378 g/mol. The van der Waals surface area contributed by atoms with Crippen LogP contribution in [0.5, 0.6) is 0 Å². The predicted molar refractivity (Wildman–Crippen MR) is 97.3 cm³/mol. The molecular formula is C18H17ClFN3O3. The molecule has 0 bridgehead atoms. The van der Waals surface area contributed by atoms with E-state index in [2.05, 4.69) is 16.0 Å². The first-order chi connectivity index (χ1) is 12.3. The Balaban J connectivity index is 2.06. The van der Waals surface area contributed by atoms with Crippen LogP contribution in [-0.4, -0.2) is 17.7 Å². The van der Waals surface area contributed by atoms with Gasteiger partial charge in [-0.05, 0) is 36.8 Å². The molecule has 1 unspecified atom stereocenters. The zero-order valence-corrected chi connectivity index (χ0v) is 14.9. The largest absolute Gasteiger partial charge is 0.341 e. The van der Waals surface area contributed by atoms with Gasteiger partial charge in [0, 0.05) is 17.6 Å². The Morgan fingerprint density at radius 3 is 2.38 bits per heavy atom. The van der Waals surface area contributed by atoms with Gasteiger partial charge < -0.3 is 16.0 Å². The molecule has 2 rings (SSSR count). The van der Waals surface area contributed by atoms with Crippen LogP contribution in [0.25, 0.3) is 0 Å². The fraction of sp³-hybridized carbons (Fsp3) is 0.167. The molecule has 3 N–H and O–H groups in total. The average Bonchev–Trinajstić information content (AvgIpc) is 2.57. The zero-order chi connectivity index (χ0) is 19.3. The molecule has 26 heavy (non-hydrogen) atoms. The molecule has 0 spiro atoms. The van der Waals surface area contributed by atoms with Crippen LogP contribution in [0.3, 0.4) is 0 Å². The lowest BCUT2D eigenvalue weighted by Gasteiger charge is -2.15. The summed E-state index contributed by atoms with van der Waals surface area (Å²) < 4.78 is 13.8. The third-order valence-corrected chi connectivity index (χ3v) is 3.80. The van der Waals surface area contributed by atoms with Crippen LogP contribution in [0.1, 0.15) is 25.5 Å². The SMILES string of the molecule is CC(=O)Nc1ccc(F)c(NC(=O)C(=O)NC(C)c2ccccc2Cl)c1. The van der Waals surface area contributed by atoms with Gasteiger partial charge in [-0.1, -0.05) is 29.8 Å². The van der Waals surface area contributed by atoms with Gasteiger partial charge in [0.15, 0.2) is 0 Å². The second kappa shape index (κ2) is 8.44. The van der Waals surface area contributed by atoms with Crippen molar-refractivity contribution in [3.63, 3.8) is 0 Å². The summed E-state index contributed by atoms with van der Waals surface area (Å²) in [6.07, 6.45) is 0. The van der Waals surface area contributed by atoms with Gasteiger partial charge in [-0.15, -0.1) is 0 Å². The first-order valence-electron chi connectivity index (χ1n) is 7.71. The maximum Gasteiger partial charge on any atom is 0.313 e. The number of rotatable bonds is 4. The number of amides is 3. The van der Waals surface area contributed by atoms with Gasteiger partial charge in [0.2, 0.25) is 5.91 Å². The van der Waals surface area contributed by atoms with Crippen LogP contribution in [-0.2, 0) is 14.4 Å². The highest BCUT2D eigenvalue weighted by Crippen LogP contribution is 2.22. The summed E-state index contributed by atoms with van der Waals surface area (Å²) in [5, 5.41) is 7.60. The second-order valence-electron chi connectivity index (χ2n) is 5.55. The second-order valence-corrected chi connectivity index (χ2v) is 5.95. The maximum atomic E-state index is 13.8. The number of carbonyl (C=O) groups excluding carboxylic acids is 3. The summed E-state index contributed by atoms with van der Waals surface area (Å²) in [7, 11) is 0. The predicted octanol–water partition coefficient (Wildman–Crippen LogP) is 3.25. The van der Waals surface area contributed by atoms with E-state index in [4.69, 9.17) is 11.6 Å². The lowest BCUT2D eigenvalue weighted by molar-refractivity contribution is -0.136. The van der Waals surface area contributed by atoms with Crippen LogP contribution in [0.15, 0.2) is 42.5 Å². The van der Waals surface area contributed by atoms with E-state index in [9.17, 15) is 18.8 Å². The molecule has 8 heteroatoms. The Bertz CT molecular complexity index is 857. The van der Waals surface area contributed by atoms with Crippen molar-refractivity contribution >= 4 is 40.7 Å². The van der Waals surface area contributed by atoms with Crippen molar-refractivity contribution in [1.29, 1.82) is 0 Å². The number of nitrogens with one attached hydrogen (secondary N) is 3. The van der Waals surface area contributed by atoms with Crippen molar-refractivity contribution in [1.82, 2.24) is 5.32 Å². The molecule has 0 saturated heterocycles. The summed E-state index contributed by atoms with van der Waals surface area (Å²) in [5.41, 5.74) is 0.718. The van der Waals surface area contributed by atoms with Gasteiger partial charge in [-0.3, -0.25) is 14.4 Å². The van der Waals surface area contributed by atoms with Crippen LogP contribution < -0.4 is 16.0 Å². The number of halogens is 2. The Morgan fingerprint density at radius 1 is 1.04 bits per heavy atom. The Morgan fingerprint density at radius 2 is 1.73 bits per heavy atom. The quantitative estimate of drug-likeness (QED) is 0.715. The van der Waals surface area contributed by atoms with Gasteiger partial charge >= 0.3 is 11.8 Å². The number of benzene rings is 2. The fourth-order valence-electron chi connectivity index (χ4n) is 2.25. The van der Waals surface area contributed by atoms with E-state index in [0.717, 1.165) is 6.07 Å². The van der Waals surface area contributed by atoms with E-state index in [0.29, 0.717) is 16.3 Å². The van der Waals surface area contributed by atoms with Crippen molar-refractivity contribution in [3.8, 4) is 0 Å². The molecule has 0 aliphatic rings. The van der Waals surface area contributed by atoms with Crippen LogP contribution in [0.4, 0.5) is 15.8 Å². The highest BCUT2D eigenvalue weighted by Gasteiger charge is 2.19. The first-order valence-corrected chi connectivity index (χ1v) is 8.09. The molecule has 1 atom stereocenters. The molecular weight excluding hydrogens is 361 g/mol. The van der Waals surface area contributed by atoms with Gasteiger partial charge in [-0.25, -0.2) is 4.39 Å².